The molecule has 0 N–H and O–H groups in total. The van der Waals surface area contributed by atoms with Crippen LogP contribution in [-0.2, 0) is 21.4 Å². The topological polar surface area (TPSA) is 65.7 Å². The minimum Gasteiger partial charge on any atom is -0.484 e. The van der Waals surface area contributed by atoms with E-state index in [1.54, 1.807) is 12.1 Å². The highest BCUT2D eigenvalue weighted by Crippen LogP contribution is 2.38. The molecule has 0 aliphatic carbocycles. The molecule has 2 aromatic rings. The van der Waals surface area contributed by atoms with Crippen LogP contribution in [0.15, 0.2) is 40.1 Å². The Labute approximate surface area is 152 Å². The zero-order valence-electron chi connectivity index (χ0n) is 15.8. The number of carbonyl (C=O) groups is 1. The van der Waals surface area contributed by atoms with Gasteiger partial charge in [-0.1, -0.05) is 19.9 Å². The van der Waals surface area contributed by atoms with E-state index < -0.39 is 11.0 Å². The molecule has 3 rings (SSSR count). The van der Waals surface area contributed by atoms with Crippen LogP contribution in [0, 0.1) is 0 Å². The molecule has 1 aliphatic rings. The quantitative estimate of drug-likeness (QED) is 0.474. The van der Waals surface area contributed by atoms with Gasteiger partial charge in [-0.05, 0) is 31.5 Å². The van der Waals surface area contributed by atoms with Gasteiger partial charge in [-0.15, -0.1) is 6.58 Å². The van der Waals surface area contributed by atoms with Crippen LogP contribution >= 0.6 is 0 Å². The Morgan fingerprint density at radius 2 is 2.04 bits per heavy atom. The first kappa shape index (κ1) is 18.2. The first-order chi connectivity index (χ1) is 12.0. The van der Waals surface area contributed by atoms with Crippen molar-refractivity contribution in [1.82, 2.24) is 0 Å². The average molecular weight is 356 g/mol. The lowest BCUT2D eigenvalue weighted by Crippen LogP contribution is -2.48. The predicted octanol–water partition coefficient (Wildman–Crippen LogP) is 3.90. The van der Waals surface area contributed by atoms with E-state index in [0.29, 0.717) is 23.3 Å². The van der Waals surface area contributed by atoms with Crippen molar-refractivity contribution in [2.75, 3.05) is 0 Å². The normalized spacial score (nSPS) is 18.7. The fourth-order valence-corrected chi connectivity index (χ4v) is 3.19. The van der Waals surface area contributed by atoms with Crippen LogP contribution in [0.3, 0.4) is 0 Å². The van der Waals surface area contributed by atoms with Crippen LogP contribution in [0.2, 0.25) is 0 Å². The number of carbonyl (C=O) groups excluding carboxylic acids is 1. The number of hydrogen-bond donors (Lipinski definition) is 0. The van der Waals surface area contributed by atoms with E-state index in [1.165, 1.54) is 6.92 Å². The maximum absolute atomic E-state index is 12.4. The highest BCUT2D eigenvalue weighted by molar-refractivity contribution is 5.80. The Hall–Kier alpha value is -2.56. The molecular weight excluding hydrogens is 332 g/mol. The summed E-state index contributed by atoms with van der Waals surface area (Å²) in [5, 5.41) is 0.804. The van der Waals surface area contributed by atoms with Gasteiger partial charge in [0.2, 0.25) is 0 Å². The summed E-state index contributed by atoms with van der Waals surface area (Å²) >= 11 is 0. The standard InChI is InChI=1S/C21H24O5/c1-7-20(3,4)15-9-13-8-14-10-18(24-12(2)22)21(5,6)26-17(14)11-16(13)25-19(15)23/h7-9,11,18H,1,10H2,2-6H3/t18-/m0/s1. The van der Waals surface area contributed by atoms with Gasteiger partial charge in [0.15, 0.2) is 0 Å². The summed E-state index contributed by atoms with van der Waals surface area (Å²) in [5.74, 6) is 0.307. The molecule has 26 heavy (non-hydrogen) atoms. The van der Waals surface area contributed by atoms with Gasteiger partial charge in [-0.2, -0.15) is 0 Å². The molecule has 5 nitrogen and oxygen atoms in total. The van der Waals surface area contributed by atoms with Crippen LogP contribution in [0.5, 0.6) is 5.75 Å². The Kier molecular flexibility index (Phi) is 4.21. The van der Waals surface area contributed by atoms with Gasteiger partial charge >= 0.3 is 11.6 Å². The molecule has 138 valence electrons. The molecular formula is C21H24O5. The van der Waals surface area contributed by atoms with Gasteiger partial charge < -0.3 is 13.9 Å². The van der Waals surface area contributed by atoms with Crippen molar-refractivity contribution >= 4 is 16.9 Å². The lowest BCUT2D eigenvalue weighted by molar-refractivity contribution is -0.158. The summed E-state index contributed by atoms with van der Waals surface area (Å²) in [5.41, 5.74) is 0.392. The van der Waals surface area contributed by atoms with Crippen LogP contribution in [0.1, 0.15) is 45.7 Å². The number of esters is 1. The summed E-state index contributed by atoms with van der Waals surface area (Å²) in [6, 6.07) is 5.51. The van der Waals surface area contributed by atoms with Crippen molar-refractivity contribution in [1.29, 1.82) is 0 Å². The maximum atomic E-state index is 12.4. The number of ether oxygens (including phenoxy) is 2. The summed E-state index contributed by atoms with van der Waals surface area (Å²) in [4.78, 5) is 23.8. The SMILES string of the molecule is C=CC(C)(C)c1cc2cc3c(cc2oc1=O)OC(C)(C)[C@@H](OC(C)=O)C3. The number of benzene rings is 1. The molecule has 0 saturated heterocycles. The first-order valence-corrected chi connectivity index (χ1v) is 8.64. The lowest BCUT2D eigenvalue weighted by atomic mass is 9.85. The molecule has 1 atom stereocenters. The largest absolute Gasteiger partial charge is 0.484 e. The van der Waals surface area contributed by atoms with E-state index in [1.807, 2.05) is 39.8 Å². The Balaban J connectivity index is 2.13. The smallest absolute Gasteiger partial charge is 0.340 e. The summed E-state index contributed by atoms with van der Waals surface area (Å²) in [7, 11) is 0. The molecule has 0 spiro atoms. The van der Waals surface area contributed by atoms with E-state index in [-0.39, 0.29) is 17.7 Å². The molecule has 0 bridgehead atoms. The number of allylic oxidation sites excluding steroid dienone is 1. The first-order valence-electron chi connectivity index (χ1n) is 8.64. The lowest BCUT2D eigenvalue weighted by Gasteiger charge is -2.39. The highest BCUT2D eigenvalue weighted by atomic mass is 16.6. The number of fused-ring (bicyclic) bond motifs is 2. The zero-order valence-corrected chi connectivity index (χ0v) is 15.8. The molecule has 1 aromatic carbocycles. The Bertz CT molecular complexity index is 949. The van der Waals surface area contributed by atoms with E-state index in [4.69, 9.17) is 13.9 Å². The minimum atomic E-state index is -0.669. The Morgan fingerprint density at radius 1 is 1.35 bits per heavy atom. The predicted molar refractivity (Wildman–Crippen MR) is 99.7 cm³/mol. The molecule has 0 fully saturated rings. The summed E-state index contributed by atoms with van der Waals surface area (Å²) in [6.45, 7) is 12.8. The molecule has 0 amide bonds. The van der Waals surface area contributed by atoms with Crippen LogP contribution in [-0.4, -0.2) is 17.7 Å². The monoisotopic (exact) mass is 356 g/mol. The number of hydrogen-bond acceptors (Lipinski definition) is 5. The van der Waals surface area contributed by atoms with E-state index in [9.17, 15) is 9.59 Å². The minimum absolute atomic E-state index is 0.336. The molecule has 1 aliphatic heterocycles. The van der Waals surface area contributed by atoms with Gasteiger partial charge in [0.25, 0.3) is 0 Å². The molecule has 5 heteroatoms. The second-order valence-electron chi connectivity index (χ2n) is 7.88. The molecule has 0 saturated carbocycles. The van der Waals surface area contributed by atoms with Crippen LogP contribution < -0.4 is 10.4 Å². The summed E-state index contributed by atoms with van der Waals surface area (Å²) in [6.07, 6.45) is 1.88. The van der Waals surface area contributed by atoms with E-state index in [0.717, 1.165) is 10.9 Å². The fourth-order valence-electron chi connectivity index (χ4n) is 3.19. The zero-order chi connectivity index (χ0) is 19.3. The van der Waals surface area contributed by atoms with E-state index in [2.05, 4.69) is 6.58 Å². The Morgan fingerprint density at radius 3 is 2.65 bits per heavy atom. The second-order valence-corrected chi connectivity index (χ2v) is 7.88. The molecule has 0 radical (unpaired) electrons. The van der Waals surface area contributed by atoms with Crippen LogP contribution in [0.4, 0.5) is 0 Å². The third-order valence-corrected chi connectivity index (χ3v) is 4.98. The van der Waals surface area contributed by atoms with Crippen molar-refractivity contribution in [2.24, 2.45) is 0 Å². The summed E-state index contributed by atoms with van der Waals surface area (Å²) < 4.78 is 17.0. The molecule has 0 unspecified atom stereocenters. The maximum Gasteiger partial charge on any atom is 0.340 e. The number of rotatable bonds is 3. The second kappa shape index (κ2) is 6.01. The van der Waals surface area contributed by atoms with Crippen molar-refractivity contribution in [3.05, 3.63) is 52.4 Å². The van der Waals surface area contributed by atoms with Gasteiger partial charge in [-0.25, -0.2) is 4.79 Å². The highest BCUT2D eigenvalue weighted by Gasteiger charge is 2.39. The fraction of sp³-hybridized carbons (Fsp3) is 0.429. The van der Waals surface area contributed by atoms with Crippen molar-refractivity contribution in [3.63, 3.8) is 0 Å². The third kappa shape index (κ3) is 3.14. The van der Waals surface area contributed by atoms with Gasteiger partial charge in [0, 0.05) is 35.8 Å². The van der Waals surface area contributed by atoms with Crippen molar-refractivity contribution in [3.8, 4) is 5.75 Å². The average Bonchev–Trinajstić information content (AvgIpc) is 2.52. The van der Waals surface area contributed by atoms with Crippen LogP contribution in [0.25, 0.3) is 11.0 Å². The van der Waals surface area contributed by atoms with E-state index >= 15 is 0 Å². The van der Waals surface area contributed by atoms with Gasteiger partial charge in [-0.3, -0.25) is 4.79 Å². The molecule has 2 heterocycles. The van der Waals surface area contributed by atoms with Crippen molar-refractivity contribution < 1.29 is 18.7 Å². The molecule has 1 aromatic heterocycles. The van der Waals surface area contributed by atoms with Gasteiger partial charge in [0.1, 0.15) is 23.0 Å². The third-order valence-electron chi connectivity index (χ3n) is 4.98. The van der Waals surface area contributed by atoms with Crippen molar-refractivity contribution in [2.45, 2.75) is 58.2 Å². The van der Waals surface area contributed by atoms with Gasteiger partial charge in [0.05, 0.1) is 0 Å².